The van der Waals surface area contributed by atoms with Crippen LogP contribution in [0.1, 0.15) is 41.9 Å². The third kappa shape index (κ3) is 2.21. The Balaban J connectivity index is 2.14. The molecule has 0 spiro atoms. The van der Waals surface area contributed by atoms with Gasteiger partial charge in [-0.3, -0.25) is 0 Å². The molecule has 19 heavy (non-hydrogen) atoms. The van der Waals surface area contributed by atoms with Gasteiger partial charge in [-0.1, -0.05) is 0 Å². The normalized spacial score (nSPS) is 16.7. The molecule has 1 fully saturated rings. The van der Waals surface area contributed by atoms with Crippen LogP contribution >= 0.6 is 0 Å². The standard InChI is InChI=1S/C14H16N2O3/c1-8(17)7-16-12-5-4-10(14(18)19)6-11(12)15-13(16)9-2-3-9/h4-6,8-9,17H,2-3,7H2,1H3,(H,18,19). The average Bonchev–Trinajstić information content (AvgIpc) is 3.13. The molecule has 0 aliphatic heterocycles. The molecule has 0 radical (unpaired) electrons. The molecule has 100 valence electrons. The Morgan fingerprint density at radius 2 is 2.26 bits per heavy atom. The van der Waals surface area contributed by atoms with Gasteiger partial charge in [-0.15, -0.1) is 0 Å². The second kappa shape index (κ2) is 4.35. The van der Waals surface area contributed by atoms with Crippen LogP contribution < -0.4 is 0 Å². The molecule has 1 aromatic heterocycles. The molecule has 0 amide bonds. The predicted octanol–water partition coefficient (Wildman–Crippen LogP) is 1.99. The highest BCUT2D eigenvalue weighted by atomic mass is 16.4. The van der Waals surface area contributed by atoms with Crippen LogP contribution in [0.4, 0.5) is 0 Å². The second-order valence-corrected chi connectivity index (χ2v) is 5.21. The van der Waals surface area contributed by atoms with Crippen LogP contribution in [0.3, 0.4) is 0 Å². The number of carboxylic acid groups (broad SMARTS) is 1. The molecule has 3 rings (SSSR count). The summed E-state index contributed by atoms with van der Waals surface area (Å²) in [7, 11) is 0. The molecular weight excluding hydrogens is 244 g/mol. The summed E-state index contributed by atoms with van der Waals surface area (Å²) in [5.41, 5.74) is 1.84. The van der Waals surface area contributed by atoms with Gasteiger partial charge in [-0.2, -0.15) is 0 Å². The predicted molar refractivity (Wildman–Crippen MR) is 70.3 cm³/mol. The molecule has 1 aromatic carbocycles. The zero-order valence-corrected chi connectivity index (χ0v) is 10.7. The fraction of sp³-hybridized carbons (Fsp3) is 0.429. The van der Waals surface area contributed by atoms with E-state index in [4.69, 9.17) is 5.11 Å². The maximum Gasteiger partial charge on any atom is 0.335 e. The van der Waals surface area contributed by atoms with Crippen LogP contribution in [0.25, 0.3) is 11.0 Å². The summed E-state index contributed by atoms with van der Waals surface area (Å²) in [5, 5.41) is 18.6. The Labute approximate surface area is 110 Å². The van der Waals surface area contributed by atoms with E-state index < -0.39 is 12.1 Å². The lowest BCUT2D eigenvalue weighted by atomic mass is 10.2. The van der Waals surface area contributed by atoms with Crippen molar-refractivity contribution in [3.05, 3.63) is 29.6 Å². The average molecular weight is 260 g/mol. The van der Waals surface area contributed by atoms with Gasteiger partial charge in [-0.25, -0.2) is 9.78 Å². The Morgan fingerprint density at radius 3 is 2.84 bits per heavy atom. The lowest BCUT2D eigenvalue weighted by molar-refractivity contribution is 0.0697. The molecule has 1 saturated carbocycles. The van der Waals surface area contributed by atoms with Crippen molar-refractivity contribution in [1.29, 1.82) is 0 Å². The molecular formula is C14H16N2O3. The van der Waals surface area contributed by atoms with Crippen molar-refractivity contribution < 1.29 is 15.0 Å². The quantitative estimate of drug-likeness (QED) is 0.881. The highest BCUT2D eigenvalue weighted by molar-refractivity contribution is 5.92. The lowest BCUT2D eigenvalue weighted by Crippen LogP contribution is -2.13. The SMILES string of the molecule is CC(O)Cn1c(C2CC2)nc2cc(C(=O)O)ccc21. The highest BCUT2D eigenvalue weighted by Crippen LogP contribution is 2.40. The van der Waals surface area contributed by atoms with Crippen molar-refractivity contribution in [3.63, 3.8) is 0 Å². The number of aliphatic hydroxyl groups is 1. The molecule has 2 N–H and O–H groups in total. The Hall–Kier alpha value is -1.88. The van der Waals surface area contributed by atoms with E-state index in [1.54, 1.807) is 25.1 Å². The summed E-state index contributed by atoms with van der Waals surface area (Å²) in [6.45, 7) is 2.24. The largest absolute Gasteiger partial charge is 0.478 e. The molecule has 1 aliphatic carbocycles. The number of rotatable bonds is 4. The summed E-state index contributed by atoms with van der Waals surface area (Å²) in [5.74, 6) is 0.484. The first-order valence-corrected chi connectivity index (χ1v) is 6.48. The van der Waals surface area contributed by atoms with E-state index in [0.29, 0.717) is 18.0 Å². The second-order valence-electron chi connectivity index (χ2n) is 5.21. The van der Waals surface area contributed by atoms with Crippen LogP contribution in [0.5, 0.6) is 0 Å². The van der Waals surface area contributed by atoms with Crippen LogP contribution in [-0.2, 0) is 6.54 Å². The Morgan fingerprint density at radius 1 is 1.53 bits per heavy atom. The number of nitrogens with zero attached hydrogens (tertiary/aromatic N) is 2. The molecule has 0 saturated heterocycles. The molecule has 5 heteroatoms. The van der Waals surface area contributed by atoms with E-state index in [2.05, 4.69) is 4.98 Å². The third-order valence-corrected chi connectivity index (χ3v) is 3.41. The molecule has 0 bridgehead atoms. The minimum atomic E-state index is -0.944. The number of hydrogen-bond acceptors (Lipinski definition) is 3. The van der Waals surface area contributed by atoms with Gasteiger partial charge >= 0.3 is 5.97 Å². The van der Waals surface area contributed by atoms with E-state index in [0.717, 1.165) is 24.2 Å². The number of hydrogen-bond donors (Lipinski definition) is 2. The minimum absolute atomic E-state index is 0.247. The van der Waals surface area contributed by atoms with Crippen molar-refractivity contribution in [1.82, 2.24) is 9.55 Å². The maximum atomic E-state index is 11.0. The summed E-state index contributed by atoms with van der Waals surface area (Å²) < 4.78 is 2.02. The maximum absolute atomic E-state index is 11.0. The fourth-order valence-corrected chi connectivity index (χ4v) is 2.39. The Bertz CT molecular complexity index is 641. The fourth-order valence-electron chi connectivity index (χ4n) is 2.39. The van der Waals surface area contributed by atoms with Gasteiger partial charge in [0, 0.05) is 5.92 Å². The summed E-state index contributed by atoms with van der Waals surface area (Å²) in [4.78, 5) is 15.5. The van der Waals surface area contributed by atoms with Crippen LogP contribution in [0.2, 0.25) is 0 Å². The number of fused-ring (bicyclic) bond motifs is 1. The van der Waals surface area contributed by atoms with E-state index >= 15 is 0 Å². The Kier molecular flexibility index (Phi) is 2.78. The smallest absolute Gasteiger partial charge is 0.335 e. The summed E-state index contributed by atoms with van der Waals surface area (Å²) in [6.07, 6.45) is 1.79. The molecule has 1 heterocycles. The molecule has 1 aliphatic rings. The number of aromatic nitrogens is 2. The van der Waals surface area contributed by atoms with Crippen LogP contribution in [0.15, 0.2) is 18.2 Å². The van der Waals surface area contributed by atoms with Crippen molar-refractivity contribution in [2.75, 3.05) is 0 Å². The first kappa shape index (κ1) is 12.2. The molecule has 1 unspecified atom stereocenters. The molecule has 2 aromatic rings. The van der Waals surface area contributed by atoms with Gasteiger partial charge in [0.2, 0.25) is 0 Å². The molecule has 1 atom stereocenters. The number of benzene rings is 1. The van der Waals surface area contributed by atoms with Gasteiger partial charge in [0.15, 0.2) is 0 Å². The monoisotopic (exact) mass is 260 g/mol. The van der Waals surface area contributed by atoms with Crippen LogP contribution in [-0.4, -0.2) is 31.8 Å². The van der Waals surface area contributed by atoms with E-state index in [1.807, 2.05) is 4.57 Å². The van der Waals surface area contributed by atoms with Crippen molar-refractivity contribution in [3.8, 4) is 0 Å². The van der Waals surface area contributed by atoms with Crippen molar-refractivity contribution >= 4 is 17.0 Å². The first-order chi connectivity index (χ1) is 9.06. The zero-order valence-electron chi connectivity index (χ0n) is 10.7. The van der Waals surface area contributed by atoms with Gasteiger partial charge in [0.05, 0.1) is 29.2 Å². The topological polar surface area (TPSA) is 75.3 Å². The number of aliphatic hydroxyl groups excluding tert-OH is 1. The van der Waals surface area contributed by atoms with Crippen molar-refractivity contribution in [2.24, 2.45) is 0 Å². The van der Waals surface area contributed by atoms with E-state index in [9.17, 15) is 9.90 Å². The van der Waals surface area contributed by atoms with E-state index in [1.165, 1.54) is 0 Å². The first-order valence-electron chi connectivity index (χ1n) is 6.48. The zero-order chi connectivity index (χ0) is 13.6. The summed E-state index contributed by atoms with van der Waals surface area (Å²) >= 11 is 0. The van der Waals surface area contributed by atoms with Crippen molar-refractivity contribution in [2.45, 2.75) is 38.3 Å². The van der Waals surface area contributed by atoms with Gasteiger partial charge in [-0.05, 0) is 38.0 Å². The molecule has 5 nitrogen and oxygen atoms in total. The summed E-state index contributed by atoms with van der Waals surface area (Å²) in [6, 6.07) is 4.96. The number of imidazole rings is 1. The van der Waals surface area contributed by atoms with Gasteiger partial charge in [0.1, 0.15) is 5.82 Å². The highest BCUT2D eigenvalue weighted by Gasteiger charge is 2.30. The third-order valence-electron chi connectivity index (χ3n) is 3.41. The number of carbonyl (C=O) groups is 1. The number of aromatic carboxylic acids is 1. The van der Waals surface area contributed by atoms with Crippen LogP contribution in [0, 0.1) is 0 Å². The van der Waals surface area contributed by atoms with E-state index in [-0.39, 0.29) is 5.56 Å². The van der Waals surface area contributed by atoms with Gasteiger partial charge in [0.25, 0.3) is 0 Å². The minimum Gasteiger partial charge on any atom is -0.478 e. The van der Waals surface area contributed by atoms with Gasteiger partial charge < -0.3 is 14.8 Å². The lowest BCUT2D eigenvalue weighted by Gasteiger charge is -2.10. The number of carboxylic acids is 1.